The normalized spacial score (nSPS) is 15.9. The lowest BCUT2D eigenvalue weighted by atomic mass is 10.1. The summed E-state index contributed by atoms with van der Waals surface area (Å²) in [5, 5.41) is 1.40. The highest BCUT2D eigenvalue weighted by atomic mass is 79.9. The molecule has 0 radical (unpaired) electrons. The van der Waals surface area contributed by atoms with Crippen LogP contribution < -0.4 is 11.1 Å². The SMILES string of the molecule is C=Cc1ccccn1.CC1Cc2nc3cc(/C=C/c4ccccn4)ccc3c(=O)n2C1.CC1Cc2nc3cc(Br)ccc3c(=O)n2C1.Cl. The molecule has 2 aliphatic rings. The summed E-state index contributed by atoms with van der Waals surface area (Å²) in [4.78, 5) is 42.2. The van der Waals surface area contributed by atoms with Crippen LogP contribution in [-0.2, 0) is 25.9 Å². The molecule has 0 spiro atoms. The van der Waals surface area contributed by atoms with Crippen molar-refractivity contribution in [3.63, 3.8) is 0 Å². The average molecular weight is 724 g/mol. The molecular formula is C38H36BrClN6O2. The lowest BCUT2D eigenvalue weighted by molar-refractivity contribution is 0.558. The summed E-state index contributed by atoms with van der Waals surface area (Å²) in [7, 11) is 0. The summed E-state index contributed by atoms with van der Waals surface area (Å²) in [6, 6.07) is 23.0. The van der Waals surface area contributed by atoms with Crippen molar-refractivity contribution in [3.05, 3.63) is 146 Å². The van der Waals surface area contributed by atoms with Gasteiger partial charge in [-0.1, -0.05) is 60.6 Å². The van der Waals surface area contributed by atoms with Gasteiger partial charge < -0.3 is 0 Å². The first-order valence-corrected chi connectivity index (χ1v) is 16.4. The Balaban J connectivity index is 0.000000156. The van der Waals surface area contributed by atoms with Crippen LogP contribution in [0.1, 0.15) is 42.4 Å². The summed E-state index contributed by atoms with van der Waals surface area (Å²) >= 11 is 3.40. The van der Waals surface area contributed by atoms with Crippen molar-refractivity contribution in [2.75, 3.05) is 0 Å². The number of rotatable bonds is 3. The zero-order valence-corrected chi connectivity index (χ0v) is 29.2. The van der Waals surface area contributed by atoms with Crippen LogP contribution in [0.2, 0.25) is 0 Å². The number of pyridine rings is 2. The van der Waals surface area contributed by atoms with Crippen molar-refractivity contribution in [3.8, 4) is 0 Å². The minimum absolute atomic E-state index is 0. The smallest absolute Gasteiger partial charge is 0.261 e. The molecule has 2 unspecified atom stereocenters. The van der Waals surface area contributed by atoms with E-state index in [1.54, 1.807) is 23.0 Å². The molecule has 8 rings (SSSR count). The molecule has 2 aliphatic heterocycles. The van der Waals surface area contributed by atoms with E-state index in [0.717, 1.165) is 70.0 Å². The predicted molar refractivity (Wildman–Crippen MR) is 200 cm³/mol. The molecule has 0 saturated heterocycles. The van der Waals surface area contributed by atoms with E-state index in [1.165, 1.54) is 0 Å². The van der Waals surface area contributed by atoms with Crippen LogP contribution in [0.15, 0.2) is 106 Å². The molecule has 0 N–H and O–H groups in total. The molecule has 10 heteroatoms. The van der Waals surface area contributed by atoms with Crippen molar-refractivity contribution in [1.29, 1.82) is 0 Å². The van der Waals surface area contributed by atoms with Gasteiger partial charge in [0, 0.05) is 42.8 Å². The van der Waals surface area contributed by atoms with Crippen molar-refractivity contribution >= 4 is 68.4 Å². The van der Waals surface area contributed by atoms with E-state index in [9.17, 15) is 9.59 Å². The number of aromatic nitrogens is 6. The molecular weight excluding hydrogens is 688 g/mol. The molecule has 8 nitrogen and oxygen atoms in total. The van der Waals surface area contributed by atoms with Gasteiger partial charge in [0.05, 0.1) is 33.2 Å². The maximum absolute atomic E-state index is 12.6. The minimum atomic E-state index is 0. The second-order valence-electron chi connectivity index (χ2n) is 12.0. The van der Waals surface area contributed by atoms with Crippen LogP contribution in [-0.4, -0.2) is 29.1 Å². The van der Waals surface area contributed by atoms with E-state index in [4.69, 9.17) is 4.98 Å². The summed E-state index contributed by atoms with van der Waals surface area (Å²) in [5.41, 5.74) is 4.59. The Morgan fingerprint density at radius 1 is 0.729 bits per heavy atom. The van der Waals surface area contributed by atoms with Gasteiger partial charge in [0.15, 0.2) is 0 Å². The second-order valence-corrected chi connectivity index (χ2v) is 12.9. The predicted octanol–water partition coefficient (Wildman–Crippen LogP) is 7.65. The molecule has 2 atom stereocenters. The van der Waals surface area contributed by atoms with Crippen molar-refractivity contribution in [2.24, 2.45) is 11.8 Å². The second kappa shape index (κ2) is 15.4. The molecule has 0 aliphatic carbocycles. The highest BCUT2D eigenvalue weighted by molar-refractivity contribution is 9.10. The Bertz CT molecular complexity index is 2220. The third-order valence-corrected chi connectivity index (χ3v) is 8.63. The number of benzene rings is 2. The first-order chi connectivity index (χ1) is 22.8. The van der Waals surface area contributed by atoms with E-state index in [0.29, 0.717) is 22.6 Å². The number of hydrogen-bond donors (Lipinski definition) is 0. The largest absolute Gasteiger partial charge is 0.296 e. The molecule has 2 aromatic carbocycles. The fourth-order valence-corrected chi connectivity index (χ4v) is 6.19. The monoisotopic (exact) mass is 722 g/mol. The molecule has 0 saturated carbocycles. The molecule has 0 fully saturated rings. The minimum Gasteiger partial charge on any atom is -0.296 e. The Morgan fingerprint density at radius 3 is 1.79 bits per heavy atom. The van der Waals surface area contributed by atoms with Gasteiger partial charge in [-0.2, -0.15) is 0 Å². The Morgan fingerprint density at radius 2 is 1.27 bits per heavy atom. The quantitative estimate of drug-likeness (QED) is 0.186. The number of hydrogen-bond acceptors (Lipinski definition) is 6. The Labute approximate surface area is 293 Å². The summed E-state index contributed by atoms with van der Waals surface area (Å²) < 4.78 is 4.58. The Hall–Kier alpha value is -4.73. The van der Waals surface area contributed by atoms with Crippen LogP contribution in [0, 0.1) is 11.8 Å². The van der Waals surface area contributed by atoms with Crippen molar-refractivity contribution < 1.29 is 0 Å². The van der Waals surface area contributed by atoms with Crippen molar-refractivity contribution in [2.45, 2.75) is 39.8 Å². The van der Waals surface area contributed by atoms with Crippen molar-refractivity contribution in [1.82, 2.24) is 29.1 Å². The summed E-state index contributed by atoms with van der Waals surface area (Å²) in [6.45, 7) is 9.44. The van der Waals surface area contributed by atoms with Crippen LogP contribution in [0.5, 0.6) is 0 Å². The van der Waals surface area contributed by atoms with Gasteiger partial charge >= 0.3 is 0 Å². The van der Waals surface area contributed by atoms with E-state index < -0.39 is 0 Å². The fraction of sp³-hybridized carbons (Fsp3) is 0.211. The Kier molecular flexibility index (Phi) is 11.1. The first kappa shape index (κ1) is 34.6. The van der Waals surface area contributed by atoms with Crippen LogP contribution in [0.3, 0.4) is 0 Å². The zero-order valence-electron chi connectivity index (χ0n) is 26.8. The number of halogens is 2. The van der Waals surface area contributed by atoms with Gasteiger partial charge in [-0.05, 0) is 84.1 Å². The van der Waals surface area contributed by atoms with E-state index in [-0.39, 0.29) is 23.5 Å². The van der Waals surface area contributed by atoms with E-state index >= 15 is 0 Å². The molecule has 0 bridgehead atoms. The van der Waals surface area contributed by atoms with Gasteiger partial charge in [0.1, 0.15) is 11.6 Å². The summed E-state index contributed by atoms with van der Waals surface area (Å²) in [5.74, 6) is 2.82. The highest BCUT2D eigenvalue weighted by Crippen LogP contribution is 2.22. The summed E-state index contributed by atoms with van der Waals surface area (Å²) in [6.07, 6.45) is 11.0. The van der Waals surface area contributed by atoms with Crippen LogP contribution in [0.25, 0.3) is 40.0 Å². The number of fused-ring (bicyclic) bond motifs is 4. The third-order valence-electron chi connectivity index (χ3n) is 8.14. The van der Waals surface area contributed by atoms with Gasteiger partial charge in [-0.3, -0.25) is 28.7 Å². The molecule has 6 aromatic rings. The highest BCUT2D eigenvalue weighted by Gasteiger charge is 2.22. The lowest BCUT2D eigenvalue weighted by Crippen LogP contribution is -2.21. The van der Waals surface area contributed by atoms with Crippen LogP contribution in [0.4, 0.5) is 0 Å². The molecule has 0 amide bonds. The average Bonchev–Trinajstić information content (AvgIpc) is 3.66. The molecule has 244 valence electrons. The van der Waals surface area contributed by atoms with Gasteiger partial charge in [0.25, 0.3) is 11.1 Å². The zero-order chi connectivity index (χ0) is 32.9. The molecule has 48 heavy (non-hydrogen) atoms. The third kappa shape index (κ3) is 7.86. The standard InChI is InChI=1S/C19H17N3O.C12H11BrN2O.C7H7N.ClH/c1-13-10-18-21-17-11-14(5-7-15-4-2-3-9-20-15)6-8-16(17)19(23)22(18)12-13;1-7-4-11-14-10-5-8(13)2-3-9(10)12(16)15(11)6-7;1-2-7-5-3-4-6-8-7;/h2-9,11,13H,10,12H2,1H3;2-3,5,7H,4,6H2,1H3;2-6H,1H2;1H/b7-5+;;;. The maximum Gasteiger partial charge on any atom is 0.261 e. The van der Waals surface area contributed by atoms with E-state index in [1.807, 2.05) is 89.5 Å². The maximum atomic E-state index is 12.6. The lowest BCUT2D eigenvalue weighted by Gasteiger charge is -2.05. The van der Waals surface area contributed by atoms with Crippen LogP contribution >= 0.6 is 28.3 Å². The topological polar surface area (TPSA) is 95.6 Å². The van der Waals surface area contributed by atoms with Gasteiger partial charge in [0.2, 0.25) is 0 Å². The molecule has 4 aromatic heterocycles. The van der Waals surface area contributed by atoms with Gasteiger partial charge in [-0.25, -0.2) is 9.97 Å². The fourth-order valence-electron chi connectivity index (χ4n) is 5.84. The number of nitrogens with zero attached hydrogens (tertiary/aromatic N) is 6. The first-order valence-electron chi connectivity index (χ1n) is 15.6. The molecule has 6 heterocycles. The van der Waals surface area contributed by atoms with E-state index in [2.05, 4.69) is 51.3 Å². The van der Waals surface area contributed by atoms with Gasteiger partial charge in [-0.15, -0.1) is 12.4 Å².